The number of carbonyl (C=O) groups is 3. The molecule has 0 aromatic heterocycles. The number of carboxylic acids is 3. The lowest BCUT2D eigenvalue weighted by Crippen LogP contribution is -2.45. The lowest BCUT2D eigenvalue weighted by Gasteiger charge is -2.29. The van der Waals surface area contributed by atoms with Crippen LogP contribution < -0.4 is 0 Å². The third-order valence-corrected chi connectivity index (χ3v) is 5.47. The van der Waals surface area contributed by atoms with E-state index in [9.17, 15) is 34.8 Å². The monoisotopic (exact) mass is 432 g/mol. The normalized spacial score (nSPS) is 25.7. The number of aliphatic hydroxyl groups excluding tert-OH is 1. The number of hydrogen-bond acceptors (Lipinski definition) is 9. The van der Waals surface area contributed by atoms with E-state index in [4.69, 9.17) is 5.11 Å². The van der Waals surface area contributed by atoms with E-state index in [1.165, 1.54) is 0 Å². The van der Waals surface area contributed by atoms with Crippen LogP contribution in [0.4, 0.5) is 0 Å². The molecule has 2 fully saturated rings. The minimum atomic E-state index is -1.55. The fourth-order valence-corrected chi connectivity index (χ4v) is 4.07. The van der Waals surface area contributed by atoms with E-state index in [2.05, 4.69) is 0 Å². The van der Waals surface area contributed by atoms with E-state index in [1.54, 1.807) is 14.7 Å². The summed E-state index contributed by atoms with van der Waals surface area (Å²) in [4.78, 5) is 40.9. The van der Waals surface area contributed by atoms with Gasteiger partial charge in [-0.25, -0.2) is 0 Å². The number of β-amino-alcohol motifs (C(OH)–C–C–N with tert-alkyl or cyclic N) is 2. The standard InChI is InChI=1S/C18H32N4O8/c23-15(24)9-19-2-1-3-20(10-16(25)26)5-7-22(12-18(29)30)14-8-13(14)21(6-4-19)11-17(27)28/h13-14,17,27-28H,1-12H2,(H,23,24)(H,25,26)(H,29,30). The maximum absolute atomic E-state index is 11.3. The summed E-state index contributed by atoms with van der Waals surface area (Å²) >= 11 is 0. The van der Waals surface area contributed by atoms with Crippen LogP contribution in [-0.4, -0.2) is 147 Å². The van der Waals surface area contributed by atoms with Crippen LogP contribution in [0.3, 0.4) is 0 Å². The van der Waals surface area contributed by atoms with Crippen LogP contribution >= 0.6 is 0 Å². The van der Waals surface area contributed by atoms with Crippen molar-refractivity contribution in [2.75, 3.05) is 65.4 Å². The molecular weight excluding hydrogens is 400 g/mol. The molecule has 1 aliphatic carbocycles. The Morgan fingerprint density at radius 3 is 1.63 bits per heavy atom. The van der Waals surface area contributed by atoms with Crippen LogP contribution in [0.5, 0.6) is 0 Å². The first-order chi connectivity index (χ1) is 14.2. The number of fused-ring (bicyclic) bond motifs is 1. The molecule has 0 aromatic rings. The molecular formula is C18H32N4O8. The molecule has 0 radical (unpaired) electrons. The quantitative estimate of drug-likeness (QED) is 0.252. The zero-order valence-electron chi connectivity index (χ0n) is 17.0. The number of aliphatic carboxylic acids is 3. The van der Waals surface area contributed by atoms with Crippen molar-refractivity contribution >= 4 is 17.9 Å². The summed E-state index contributed by atoms with van der Waals surface area (Å²) in [5.41, 5.74) is 0. The molecule has 1 heterocycles. The van der Waals surface area contributed by atoms with Crippen LogP contribution in [0.1, 0.15) is 12.8 Å². The number of rotatable bonds is 8. The zero-order valence-corrected chi connectivity index (χ0v) is 17.0. The highest BCUT2D eigenvalue weighted by molar-refractivity contribution is 5.69. The van der Waals surface area contributed by atoms with Crippen molar-refractivity contribution < 1.29 is 39.9 Å². The van der Waals surface area contributed by atoms with Gasteiger partial charge < -0.3 is 25.5 Å². The second-order valence-electron chi connectivity index (χ2n) is 7.90. The van der Waals surface area contributed by atoms with Gasteiger partial charge in [-0.1, -0.05) is 0 Å². The molecule has 0 spiro atoms. The first-order valence-electron chi connectivity index (χ1n) is 10.1. The van der Waals surface area contributed by atoms with E-state index in [1.807, 2.05) is 4.90 Å². The second kappa shape index (κ2) is 11.5. The van der Waals surface area contributed by atoms with Crippen molar-refractivity contribution in [1.82, 2.24) is 19.6 Å². The number of carboxylic acid groups (broad SMARTS) is 3. The SMILES string of the molecule is O=C(O)CN1CCCN(CC(=O)O)CCN(CC(O)O)C2CC2N(CC(=O)O)CC1. The van der Waals surface area contributed by atoms with Crippen molar-refractivity contribution in [3.8, 4) is 0 Å². The summed E-state index contributed by atoms with van der Waals surface area (Å²) in [5.74, 6) is -2.91. The Bertz CT molecular complexity index is 605. The molecule has 1 saturated carbocycles. The predicted molar refractivity (Wildman–Crippen MR) is 104 cm³/mol. The fraction of sp³-hybridized carbons (Fsp3) is 0.833. The highest BCUT2D eigenvalue weighted by atomic mass is 16.5. The smallest absolute Gasteiger partial charge is 0.317 e. The second-order valence-corrected chi connectivity index (χ2v) is 7.90. The van der Waals surface area contributed by atoms with Gasteiger partial charge in [-0.05, 0) is 12.8 Å². The predicted octanol–water partition coefficient (Wildman–Crippen LogP) is -2.70. The average molecular weight is 432 g/mol. The molecule has 12 heteroatoms. The minimum absolute atomic E-state index is 0.00582. The zero-order chi connectivity index (χ0) is 22.3. The molecule has 5 N–H and O–H groups in total. The molecule has 0 bridgehead atoms. The summed E-state index contributed by atoms with van der Waals surface area (Å²) in [6.45, 7) is 1.99. The van der Waals surface area contributed by atoms with Gasteiger partial charge in [-0.2, -0.15) is 0 Å². The van der Waals surface area contributed by atoms with Crippen LogP contribution in [0.15, 0.2) is 0 Å². The van der Waals surface area contributed by atoms with E-state index in [0.29, 0.717) is 52.1 Å². The Morgan fingerprint density at radius 2 is 1.17 bits per heavy atom. The number of aliphatic hydroxyl groups is 2. The van der Waals surface area contributed by atoms with Gasteiger partial charge in [0.2, 0.25) is 0 Å². The van der Waals surface area contributed by atoms with Crippen LogP contribution in [-0.2, 0) is 14.4 Å². The molecule has 2 rings (SSSR count). The first kappa shape index (κ1) is 24.4. The molecule has 0 aromatic carbocycles. The van der Waals surface area contributed by atoms with Crippen molar-refractivity contribution in [1.29, 1.82) is 0 Å². The molecule has 1 saturated heterocycles. The van der Waals surface area contributed by atoms with Gasteiger partial charge in [0.1, 0.15) is 0 Å². The van der Waals surface area contributed by atoms with Gasteiger partial charge in [0.15, 0.2) is 6.29 Å². The van der Waals surface area contributed by atoms with Gasteiger partial charge in [-0.15, -0.1) is 0 Å². The lowest BCUT2D eigenvalue weighted by molar-refractivity contribution is -0.140. The summed E-state index contributed by atoms with van der Waals surface area (Å²) in [7, 11) is 0. The van der Waals surface area contributed by atoms with Crippen LogP contribution in [0, 0.1) is 0 Å². The Kier molecular flexibility index (Phi) is 9.39. The van der Waals surface area contributed by atoms with E-state index in [0.717, 1.165) is 0 Å². The Morgan fingerprint density at radius 1 is 0.700 bits per heavy atom. The van der Waals surface area contributed by atoms with Gasteiger partial charge in [0.25, 0.3) is 0 Å². The molecule has 0 amide bonds. The Hall–Kier alpha value is -1.83. The third-order valence-electron chi connectivity index (χ3n) is 5.47. The van der Waals surface area contributed by atoms with E-state index in [-0.39, 0.29) is 38.3 Å². The third kappa shape index (κ3) is 8.50. The summed E-state index contributed by atoms with van der Waals surface area (Å²) in [6.07, 6.45) is -0.318. The van der Waals surface area contributed by atoms with Crippen LogP contribution in [0.25, 0.3) is 0 Å². The maximum Gasteiger partial charge on any atom is 0.317 e. The summed E-state index contributed by atoms with van der Waals surface area (Å²) in [6, 6.07) is -0.147. The first-order valence-corrected chi connectivity index (χ1v) is 10.1. The minimum Gasteiger partial charge on any atom is -0.480 e. The average Bonchev–Trinajstić information content (AvgIpc) is 3.39. The van der Waals surface area contributed by atoms with Crippen molar-refractivity contribution in [2.45, 2.75) is 31.2 Å². The highest BCUT2D eigenvalue weighted by Crippen LogP contribution is 2.33. The number of nitrogens with zero attached hydrogens (tertiary/aromatic N) is 4. The van der Waals surface area contributed by atoms with Crippen molar-refractivity contribution in [3.63, 3.8) is 0 Å². The fourth-order valence-electron chi connectivity index (χ4n) is 4.07. The molecule has 2 aliphatic rings. The molecule has 12 nitrogen and oxygen atoms in total. The largest absolute Gasteiger partial charge is 0.480 e. The van der Waals surface area contributed by atoms with E-state index >= 15 is 0 Å². The van der Waals surface area contributed by atoms with Gasteiger partial charge in [-0.3, -0.25) is 34.0 Å². The molecule has 1 aliphatic heterocycles. The Labute approximate surface area is 174 Å². The molecule has 2 unspecified atom stereocenters. The maximum atomic E-state index is 11.3. The van der Waals surface area contributed by atoms with Crippen LogP contribution in [0.2, 0.25) is 0 Å². The lowest BCUT2D eigenvalue weighted by atomic mass is 10.3. The van der Waals surface area contributed by atoms with Gasteiger partial charge in [0, 0.05) is 57.9 Å². The molecule has 30 heavy (non-hydrogen) atoms. The topological polar surface area (TPSA) is 165 Å². The summed E-state index contributed by atoms with van der Waals surface area (Å²) in [5, 5.41) is 46.5. The summed E-state index contributed by atoms with van der Waals surface area (Å²) < 4.78 is 0. The van der Waals surface area contributed by atoms with Crippen molar-refractivity contribution in [3.05, 3.63) is 0 Å². The Balaban J connectivity index is 2.16. The van der Waals surface area contributed by atoms with Gasteiger partial charge >= 0.3 is 17.9 Å². The molecule has 2 atom stereocenters. The van der Waals surface area contributed by atoms with Gasteiger partial charge in [0.05, 0.1) is 19.6 Å². The van der Waals surface area contributed by atoms with E-state index < -0.39 is 24.2 Å². The highest BCUT2D eigenvalue weighted by Gasteiger charge is 2.46. The van der Waals surface area contributed by atoms with Crippen molar-refractivity contribution in [2.24, 2.45) is 0 Å². The molecule has 172 valence electrons. The number of hydrogen-bond donors (Lipinski definition) is 5.